The van der Waals surface area contributed by atoms with E-state index in [1.807, 2.05) is 48.7 Å². The van der Waals surface area contributed by atoms with Gasteiger partial charge in [0.2, 0.25) is 0 Å². The SMILES string of the molecule is CSc1ccc(Cl)cc1C(N)c1occ2ccccc12. The molecule has 0 fully saturated rings. The van der Waals surface area contributed by atoms with Crippen molar-refractivity contribution >= 4 is 34.1 Å². The highest BCUT2D eigenvalue weighted by molar-refractivity contribution is 7.98. The van der Waals surface area contributed by atoms with Gasteiger partial charge in [0, 0.05) is 20.7 Å². The second-order valence-electron chi connectivity index (χ2n) is 4.55. The molecule has 2 N–H and O–H groups in total. The minimum absolute atomic E-state index is 0.323. The van der Waals surface area contributed by atoms with E-state index < -0.39 is 0 Å². The lowest BCUT2D eigenvalue weighted by Crippen LogP contribution is -2.12. The Hall–Kier alpha value is -1.42. The quantitative estimate of drug-likeness (QED) is 0.703. The second kappa shape index (κ2) is 5.52. The van der Waals surface area contributed by atoms with Crippen molar-refractivity contribution in [2.45, 2.75) is 10.9 Å². The van der Waals surface area contributed by atoms with Crippen LogP contribution in [0.2, 0.25) is 5.02 Å². The van der Waals surface area contributed by atoms with Crippen LogP contribution in [0.5, 0.6) is 0 Å². The maximum atomic E-state index is 6.41. The van der Waals surface area contributed by atoms with Gasteiger partial charge in [-0.1, -0.05) is 35.9 Å². The fourth-order valence-electron chi connectivity index (χ4n) is 2.34. The van der Waals surface area contributed by atoms with Gasteiger partial charge >= 0.3 is 0 Å². The van der Waals surface area contributed by atoms with E-state index in [1.165, 1.54) is 0 Å². The zero-order valence-corrected chi connectivity index (χ0v) is 12.5. The lowest BCUT2D eigenvalue weighted by Gasteiger charge is -2.14. The minimum Gasteiger partial charge on any atom is -0.466 e. The molecule has 0 amide bonds. The first-order valence-corrected chi connectivity index (χ1v) is 7.86. The molecule has 2 aromatic carbocycles. The smallest absolute Gasteiger partial charge is 0.132 e. The van der Waals surface area contributed by atoms with Crippen molar-refractivity contribution < 1.29 is 4.42 Å². The van der Waals surface area contributed by atoms with E-state index in [2.05, 4.69) is 0 Å². The van der Waals surface area contributed by atoms with Crippen molar-refractivity contribution in [2.75, 3.05) is 6.26 Å². The number of nitrogens with two attached hydrogens (primary N) is 1. The van der Waals surface area contributed by atoms with Gasteiger partial charge in [-0.3, -0.25) is 0 Å². The number of fused-ring (bicyclic) bond motifs is 1. The highest BCUT2D eigenvalue weighted by Gasteiger charge is 2.19. The number of thioether (sulfide) groups is 1. The Morgan fingerprint density at radius 1 is 1.20 bits per heavy atom. The van der Waals surface area contributed by atoms with Crippen molar-refractivity contribution in [2.24, 2.45) is 5.73 Å². The fourth-order valence-corrected chi connectivity index (χ4v) is 3.15. The van der Waals surface area contributed by atoms with E-state index in [4.69, 9.17) is 21.8 Å². The predicted octanol–water partition coefficient (Wildman–Crippen LogP) is 4.86. The van der Waals surface area contributed by atoms with Crippen LogP contribution in [0, 0.1) is 0 Å². The molecule has 0 bridgehead atoms. The van der Waals surface area contributed by atoms with Crippen molar-refractivity contribution in [3.63, 3.8) is 0 Å². The van der Waals surface area contributed by atoms with Crippen LogP contribution in [0.4, 0.5) is 0 Å². The van der Waals surface area contributed by atoms with Gasteiger partial charge in [0.05, 0.1) is 12.3 Å². The zero-order chi connectivity index (χ0) is 14.1. The summed E-state index contributed by atoms with van der Waals surface area (Å²) in [7, 11) is 0. The van der Waals surface area contributed by atoms with E-state index in [1.54, 1.807) is 18.0 Å². The Labute approximate surface area is 126 Å². The van der Waals surface area contributed by atoms with Crippen LogP contribution >= 0.6 is 23.4 Å². The Balaban J connectivity index is 2.13. The van der Waals surface area contributed by atoms with Crippen LogP contribution in [-0.2, 0) is 0 Å². The molecule has 4 heteroatoms. The minimum atomic E-state index is -0.323. The molecule has 2 nitrogen and oxygen atoms in total. The largest absolute Gasteiger partial charge is 0.466 e. The molecule has 3 aromatic rings. The van der Waals surface area contributed by atoms with E-state index in [9.17, 15) is 0 Å². The van der Waals surface area contributed by atoms with Crippen LogP contribution < -0.4 is 5.73 Å². The van der Waals surface area contributed by atoms with Gasteiger partial charge < -0.3 is 10.2 Å². The number of hydrogen-bond acceptors (Lipinski definition) is 3. The summed E-state index contributed by atoms with van der Waals surface area (Å²) in [5.41, 5.74) is 7.40. The molecule has 0 spiro atoms. The third kappa shape index (κ3) is 2.33. The zero-order valence-electron chi connectivity index (χ0n) is 11.0. The van der Waals surface area contributed by atoms with Crippen LogP contribution in [-0.4, -0.2) is 6.26 Å². The number of furan rings is 1. The third-order valence-corrected chi connectivity index (χ3v) is 4.40. The summed E-state index contributed by atoms with van der Waals surface area (Å²) in [6, 6.07) is 13.5. The molecule has 20 heavy (non-hydrogen) atoms. The van der Waals surface area contributed by atoms with Gasteiger partial charge in [-0.05, 0) is 30.0 Å². The molecule has 0 saturated heterocycles. The Morgan fingerprint density at radius 3 is 2.80 bits per heavy atom. The van der Waals surface area contributed by atoms with Crippen molar-refractivity contribution in [3.8, 4) is 0 Å². The monoisotopic (exact) mass is 303 g/mol. The van der Waals surface area contributed by atoms with Gasteiger partial charge in [-0.25, -0.2) is 0 Å². The topological polar surface area (TPSA) is 39.2 Å². The number of rotatable bonds is 3. The average Bonchev–Trinajstić information content (AvgIpc) is 2.90. The van der Waals surface area contributed by atoms with E-state index in [-0.39, 0.29) is 6.04 Å². The molecule has 3 rings (SSSR count). The lowest BCUT2D eigenvalue weighted by molar-refractivity contribution is 0.493. The maximum Gasteiger partial charge on any atom is 0.132 e. The van der Waals surface area contributed by atoms with E-state index in [0.29, 0.717) is 5.02 Å². The third-order valence-electron chi connectivity index (χ3n) is 3.35. The molecule has 1 heterocycles. The van der Waals surface area contributed by atoms with Gasteiger partial charge in [0.25, 0.3) is 0 Å². The van der Waals surface area contributed by atoms with Crippen molar-refractivity contribution in [3.05, 3.63) is 65.1 Å². The highest BCUT2D eigenvalue weighted by Crippen LogP contribution is 2.34. The molecular formula is C16H14ClNOS. The van der Waals surface area contributed by atoms with Crippen LogP contribution in [0.15, 0.2) is 58.0 Å². The first-order chi connectivity index (χ1) is 9.70. The van der Waals surface area contributed by atoms with Crippen LogP contribution in [0.1, 0.15) is 17.4 Å². The Morgan fingerprint density at radius 2 is 2.00 bits per heavy atom. The first kappa shape index (κ1) is 13.6. The molecule has 1 atom stereocenters. The fraction of sp³-hybridized carbons (Fsp3) is 0.125. The van der Waals surface area contributed by atoms with Crippen molar-refractivity contribution in [1.82, 2.24) is 0 Å². The molecule has 0 aliphatic rings. The maximum absolute atomic E-state index is 6.41. The number of halogens is 1. The van der Waals surface area contributed by atoms with E-state index in [0.717, 1.165) is 27.0 Å². The summed E-state index contributed by atoms with van der Waals surface area (Å²) in [6.07, 6.45) is 3.77. The molecule has 0 aliphatic heterocycles. The Kier molecular flexibility index (Phi) is 3.74. The summed E-state index contributed by atoms with van der Waals surface area (Å²) >= 11 is 7.76. The molecule has 0 radical (unpaired) electrons. The number of benzene rings is 2. The molecular weight excluding hydrogens is 290 g/mol. The molecule has 0 aliphatic carbocycles. The molecule has 1 aromatic heterocycles. The van der Waals surface area contributed by atoms with Crippen LogP contribution in [0.25, 0.3) is 10.8 Å². The predicted molar refractivity (Wildman–Crippen MR) is 85.5 cm³/mol. The highest BCUT2D eigenvalue weighted by atomic mass is 35.5. The summed E-state index contributed by atoms with van der Waals surface area (Å²) in [5.74, 6) is 0.776. The Bertz CT molecular complexity index is 753. The van der Waals surface area contributed by atoms with Crippen molar-refractivity contribution in [1.29, 1.82) is 0 Å². The normalized spacial score (nSPS) is 12.8. The molecule has 0 saturated carbocycles. The molecule has 1 unspecified atom stereocenters. The lowest BCUT2D eigenvalue weighted by atomic mass is 10.0. The summed E-state index contributed by atoms with van der Waals surface area (Å²) < 4.78 is 5.69. The average molecular weight is 304 g/mol. The van der Waals surface area contributed by atoms with Gasteiger partial charge in [0.15, 0.2) is 0 Å². The summed E-state index contributed by atoms with van der Waals surface area (Å²) in [5, 5.41) is 2.79. The number of hydrogen-bond donors (Lipinski definition) is 1. The molecule has 102 valence electrons. The standard InChI is InChI=1S/C16H14ClNOS/c1-20-14-7-6-11(17)8-13(14)15(18)16-12-5-3-2-4-10(12)9-19-16/h2-9,15H,18H2,1H3. The van der Waals surface area contributed by atoms with Gasteiger partial charge in [0.1, 0.15) is 5.76 Å². The van der Waals surface area contributed by atoms with Crippen LogP contribution in [0.3, 0.4) is 0 Å². The van der Waals surface area contributed by atoms with E-state index >= 15 is 0 Å². The van der Waals surface area contributed by atoms with Gasteiger partial charge in [-0.15, -0.1) is 11.8 Å². The first-order valence-electron chi connectivity index (χ1n) is 6.26. The van der Waals surface area contributed by atoms with Gasteiger partial charge in [-0.2, -0.15) is 0 Å². The second-order valence-corrected chi connectivity index (χ2v) is 5.84. The summed E-state index contributed by atoms with van der Waals surface area (Å²) in [4.78, 5) is 1.11. The summed E-state index contributed by atoms with van der Waals surface area (Å²) in [6.45, 7) is 0.